The van der Waals surface area contributed by atoms with Crippen molar-refractivity contribution < 1.29 is 31.8 Å². The molecule has 0 bridgehead atoms. The number of ether oxygens (including phenoxy) is 4. The fraction of sp³-hybridized carbons (Fsp3) is 0.583. The average molecular weight is 579 g/mol. The van der Waals surface area contributed by atoms with Crippen LogP contribution in [0.25, 0.3) is 5.69 Å². The van der Waals surface area contributed by atoms with Crippen molar-refractivity contribution in [2.75, 3.05) is 45.4 Å². The largest absolute Gasteiger partial charge is 0.479 e. The van der Waals surface area contributed by atoms with Crippen LogP contribution in [-0.2, 0) is 25.1 Å². The first-order chi connectivity index (χ1) is 19.3. The molecule has 3 atom stereocenters. The highest BCUT2D eigenvalue weighted by Crippen LogP contribution is 2.36. The Morgan fingerprint density at radius 1 is 1.07 bits per heavy atom. The molecular weight excluding hydrogens is 547 g/mol. The van der Waals surface area contributed by atoms with Crippen LogP contribution >= 0.6 is 0 Å². The lowest BCUT2D eigenvalue weighted by Gasteiger charge is -2.37. The maximum atomic E-state index is 14.0. The Balaban J connectivity index is 1.52. The van der Waals surface area contributed by atoms with E-state index < -0.39 is 38.9 Å². The fourth-order valence-corrected chi connectivity index (χ4v) is 6.75. The predicted octanol–water partition coefficient (Wildman–Crippen LogP) is 1.45. The van der Waals surface area contributed by atoms with Gasteiger partial charge in [-0.15, -0.1) is 10.2 Å². The highest BCUT2D eigenvalue weighted by atomic mass is 32.2. The highest BCUT2D eigenvalue weighted by Gasteiger charge is 2.39. The summed E-state index contributed by atoms with van der Waals surface area (Å²) in [5, 5.41) is 7.77. The maximum absolute atomic E-state index is 14.0. The van der Waals surface area contributed by atoms with Gasteiger partial charge in [0.15, 0.2) is 33.0 Å². The van der Waals surface area contributed by atoms with Gasteiger partial charge in [0.1, 0.15) is 18.2 Å². The Morgan fingerprint density at radius 3 is 2.42 bits per heavy atom. The average Bonchev–Trinajstić information content (AvgIpc) is 3.63. The van der Waals surface area contributed by atoms with Gasteiger partial charge in [0.25, 0.3) is 0 Å². The molecule has 0 amide bonds. The van der Waals surface area contributed by atoms with Gasteiger partial charge < -0.3 is 23.8 Å². The molecule has 40 heavy (non-hydrogen) atoms. The second-order valence-electron chi connectivity index (χ2n) is 9.40. The summed E-state index contributed by atoms with van der Waals surface area (Å²) in [6, 6.07) is 0. The van der Waals surface area contributed by atoms with Gasteiger partial charge >= 0.3 is 0 Å². The van der Waals surface area contributed by atoms with Crippen LogP contribution in [0.2, 0.25) is 0 Å². The van der Waals surface area contributed by atoms with Gasteiger partial charge in [-0.25, -0.2) is 22.8 Å². The second kappa shape index (κ2) is 11.9. The van der Waals surface area contributed by atoms with Crippen LogP contribution < -0.4 is 14.4 Å². The van der Waals surface area contributed by atoms with Crippen molar-refractivity contribution in [2.45, 2.75) is 49.4 Å². The number of methoxy groups -OCH3 is 2. The summed E-state index contributed by atoms with van der Waals surface area (Å²) in [5.41, 5.74) is 0.283. The van der Waals surface area contributed by atoms with Crippen molar-refractivity contribution in [1.29, 1.82) is 0 Å². The number of anilines is 1. The smallest absolute Gasteiger partial charge is 0.245 e. The Morgan fingerprint density at radius 2 is 1.80 bits per heavy atom. The van der Waals surface area contributed by atoms with Crippen molar-refractivity contribution in [2.24, 2.45) is 0 Å². The molecule has 0 aliphatic carbocycles. The third kappa shape index (κ3) is 5.69. The number of hydrogen-bond acceptors (Lipinski definition) is 13. The normalized spacial score (nSPS) is 21.5. The van der Waals surface area contributed by atoms with Crippen LogP contribution in [-0.4, -0.2) is 95.0 Å². The molecule has 0 radical (unpaired) electrons. The van der Waals surface area contributed by atoms with Crippen LogP contribution in [0.4, 0.5) is 10.3 Å². The Labute approximate surface area is 230 Å². The molecule has 2 aliphatic rings. The summed E-state index contributed by atoms with van der Waals surface area (Å²) < 4.78 is 65.6. The summed E-state index contributed by atoms with van der Waals surface area (Å²) >= 11 is 0. The zero-order valence-corrected chi connectivity index (χ0v) is 23.3. The molecular formula is C24H31FN8O6S. The topological polar surface area (TPSA) is 157 Å². The van der Waals surface area contributed by atoms with E-state index in [0.29, 0.717) is 32.0 Å². The first-order valence-electron chi connectivity index (χ1n) is 12.9. The molecule has 0 aromatic carbocycles. The molecule has 0 unspecified atom stereocenters. The molecule has 5 heterocycles. The molecule has 2 aliphatic heterocycles. The summed E-state index contributed by atoms with van der Waals surface area (Å²) in [4.78, 5) is 18.2. The molecule has 0 spiro atoms. The van der Waals surface area contributed by atoms with Gasteiger partial charge in [-0.3, -0.25) is 4.57 Å². The minimum Gasteiger partial charge on any atom is -0.479 e. The molecule has 0 saturated carbocycles. The van der Waals surface area contributed by atoms with Gasteiger partial charge in [-0.2, -0.15) is 9.97 Å². The minimum absolute atomic E-state index is 0.103. The number of nitrogens with zero attached hydrogens (tertiary/aromatic N) is 8. The number of piperidine rings is 1. The van der Waals surface area contributed by atoms with Crippen molar-refractivity contribution in [3.63, 3.8) is 0 Å². The molecule has 216 valence electrons. The van der Waals surface area contributed by atoms with Gasteiger partial charge in [0, 0.05) is 26.3 Å². The van der Waals surface area contributed by atoms with Crippen LogP contribution in [0, 0.1) is 5.82 Å². The quantitative estimate of drug-likeness (QED) is 0.341. The van der Waals surface area contributed by atoms with E-state index in [9.17, 15) is 12.8 Å². The zero-order chi connectivity index (χ0) is 28.3. The molecule has 2 fully saturated rings. The van der Waals surface area contributed by atoms with Crippen LogP contribution in [0.5, 0.6) is 11.8 Å². The van der Waals surface area contributed by atoms with Gasteiger partial charge in [0.2, 0.25) is 17.7 Å². The lowest BCUT2D eigenvalue weighted by atomic mass is 10.1. The van der Waals surface area contributed by atoms with Crippen molar-refractivity contribution in [1.82, 2.24) is 34.7 Å². The molecule has 3 aromatic rings. The second-order valence-corrected chi connectivity index (χ2v) is 11.7. The molecule has 0 N–H and O–H groups in total. The lowest BCUT2D eigenvalue weighted by Crippen LogP contribution is -2.50. The van der Waals surface area contributed by atoms with E-state index in [1.165, 1.54) is 20.5 Å². The molecule has 14 nitrogen and oxygen atoms in total. The van der Waals surface area contributed by atoms with E-state index in [0.717, 1.165) is 18.8 Å². The van der Waals surface area contributed by atoms with E-state index >= 15 is 0 Å². The van der Waals surface area contributed by atoms with E-state index in [1.807, 2.05) is 6.92 Å². The first kappa shape index (κ1) is 28.0. The lowest BCUT2D eigenvalue weighted by molar-refractivity contribution is 0.0531. The Bertz CT molecular complexity index is 1390. The van der Waals surface area contributed by atoms with Crippen LogP contribution in [0.1, 0.15) is 43.9 Å². The molecule has 3 aromatic heterocycles. The van der Waals surface area contributed by atoms with Crippen LogP contribution in [0.3, 0.4) is 0 Å². The summed E-state index contributed by atoms with van der Waals surface area (Å²) in [5.74, 6) is 0.0761. The summed E-state index contributed by atoms with van der Waals surface area (Å²) in [6.07, 6.45) is 4.37. The maximum Gasteiger partial charge on any atom is 0.245 e. The van der Waals surface area contributed by atoms with E-state index in [-0.39, 0.29) is 42.2 Å². The first-order valence-corrected chi connectivity index (χ1v) is 14.6. The number of aromatic nitrogens is 7. The predicted molar refractivity (Wildman–Crippen MR) is 139 cm³/mol. The van der Waals surface area contributed by atoms with Gasteiger partial charge in [-0.05, 0) is 26.2 Å². The third-order valence-corrected chi connectivity index (χ3v) is 8.86. The van der Waals surface area contributed by atoms with E-state index in [2.05, 4.69) is 30.1 Å². The molecule has 5 rings (SSSR count). The number of hydrogen-bond donors (Lipinski definition) is 0. The minimum atomic E-state index is -3.85. The highest BCUT2D eigenvalue weighted by molar-refractivity contribution is 7.91. The van der Waals surface area contributed by atoms with Gasteiger partial charge in [0.05, 0.1) is 38.0 Å². The van der Waals surface area contributed by atoms with Crippen molar-refractivity contribution >= 4 is 15.8 Å². The number of sulfone groups is 1. The zero-order valence-electron chi connectivity index (χ0n) is 22.4. The monoisotopic (exact) mass is 578 g/mol. The Hall–Kier alpha value is -3.50. The molecule has 2 saturated heterocycles. The summed E-state index contributed by atoms with van der Waals surface area (Å²) in [7, 11) is -0.966. The van der Waals surface area contributed by atoms with Gasteiger partial charge in [-0.1, -0.05) is 0 Å². The van der Waals surface area contributed by atoms with E-state index in [4.69, 9.17) is 18.9 Å². The fourth-order valence-electron chi connectivity index (χ4n) is 5.05. The van der Waals surface area contributed by atoms with Crippen LogP contribution in [0.15, 0.2) is 18.7 Å². The van der Waals surface area contributed by atoms with E-state index in [1.54, 1.807) is 9.47 Å². The summed E-state index contributed by atoms with van der Waals surface area (Å²) in [6.45, 7) is 3.27. The number of halogens is 1. The SMILES string of the molecule is CCO[C@H]1C[C@H](S(=O)(=O)Cc2nnc([C@H]3CCCO3)n2-c2c(OC)ncnc2OC)CN(c2ncc(F)cn2)C1. The van der Waals surface area contributed by atoms with Crippen molar-refractivity contribution in [3.05, 3.63) is 36.2 Å². The third-order valence-electron chi connectivity index (χ3n) is 6.84. The standard InChI is InChI=1S/C24H31FN8O6S/c1-4-38-16-8-17(12-32(11-16)24-26-9-15(25)10-27-24)40(34,35)13-19-30-31-21(18-6-5-7-39-18)33(19)20-22(36-2)28-14-29-23(20)37-3/h9-10,14,16-18H,4-8,11-13H2,1-3H3/t16-,17-,18+/m0/s1. The number of rotatable bonds is 10. The Kier molecular flexibility index (Phi) is 8.37. The van der Waals surface area contributed by atoms with Crippen molar-refractivity contribution in [3.8, 4) is 17.4 Å². The molecule has 16 heteroatoms.